The van der Waals surface area contributed by atoms with E-state index in [4.69, 9.17) is 4.74 Å². The zero-order valence-corrected chi connectivity index (χ0v) is 16.6. The van der Waals surface area contributed by atoms with Crippen molar-refractivity contribution in [1.82, 2.24) is 10.6 Å². The van der Waals surface area contributed by atoms with Crippen LogP contribution in [0.15, 0.2) is 60.7 Å². The Labute approximate surface area is 174 Å². The predicted molar refractivity (Wildman–Crippen MR) is 114 cm³/mol. The van der Waals surface area contributed by atoms with E-state index in [-0.39, 0.29) is 11.8 Å². The van der Waals surface area contributed by atoms with E-state index in [1.807, 2.05) is 42.5 Å². The molecule has 1 heterocycles. The summed E-state index contributed by atoms with van der Waals surface area (Å²) in [6.07, 6.45) is 1.46. The van der Waals surface area contributed by atoms with Gasteiger partial charge >= 0.3 is 5.97 Å². The van der Waals surface area contributed by atoms with E-state index in [2.05, 4.69) is 10.6 Å². The molecule has 0 aliphatic carbocycles. The first-order valence-corrected chi connectivity index (χ1v) is 9.88. The fourth-order valence-electron chi connectivity index (χ4n) is 3.88. The monoisotopic (exact) mass is 402 g/mol. The lowest BCUT2D eigenvalue weighted by atomic mass is 9.92. The second-order valence-electron chi connectivity index (χ2n) is 7.20. The van der Waals surface area contributed by atoms with Gasteiger partial charge in [0.15, 0.2) is 0 Å². The third-order valence-electron chi connectivity index (χ3n) is 5.38. The summed E-state index contributed by atoms with van der Waals surface area (Å²) >= 11 is 0. The molecular weight excluding hydrogens is 380 g/mol. The van der Waals surface area contributed by atoms with Crippen molar-refractivity contribution >= 4 is 28.6 Å². The van der Waals surface area contributed by atoms with Crippen LogP contribution in [0.25, 0.3) is 21.9 Å². The maximum absolute atomic E-state index is 13.0. The number of fused-ring (bicyclic) bond motifs is 1. The average molecular weight is 402 g/mol. The van der Waals surface area contributed by atoms with E-state index >= 15 is 0 Å². The summed E-state index contributed by atoms with van der Waals surface area (Å²) in [7, 11) is 1.35. The Balaban J connectivity index is 1.77. The number of carbonyl (C=O) groups is 3. The van der Waals surface area contributed by atoms with Gasteiger partial charge in [-0.25, -0.2) is 4.79 Å². The van der Waals surface area contributed by atoms with Gasteiger partial charge in [0.2, 0.25) is 5.91 Å². The zero-order valence-electron chi connectivity index (χ0n) is 16.6. The summed E-state index contributed by atoms with van der Waals surface area (Å²) in [5.74, 6) is -0.858. The van der Waals surface area contributed by atoms with E-state index in [0.29, 0.717) is 24.1 Å². The summed E-state index contributed by atoms with van der Waals surface area (Å²) < 4.78 is 4.93. The number of nitrogens with one attached hydrogen (secondary N) is 2. The highest BCUT2D eigenvalue weighted by molar-refractivity contribution is 6.13. The van der Waals surface area contributed by atoms with Gasteiger partial charge in [0, 0.05) is 12.1 Å². The van der Waals surface area contributed by atoms with Crippen LogP contribution in [0, 0.1) is 0 Å². The molecule has 0 radical (unpaired) electrons. The van der Waals surface area contributed by atoms with Gasteiger partial charge in [-0.15, -0.1) is 0 Å². The van der Waals surface area contributed by atoms with Gasteiger partial charge in [-0.2, -0.15) is 0 Å². The molecule has 1 aliphatic rings. The van der Waals surface area contributed by atoms with Crippen LogP contribution in [0.5, 0.6) is 0 Å². The van der Waals surface area contributed by atoms with E-state index in [1.165, 1.54) is 7.11 Å². The van der Waals surface area contributed by atoms with E-state index < -0.39 is 12.0 Å². The SMILES string of the molecule is COC(=O)c1ccccc1-c1ccc(C(=O)NC2CCCNC2=O)c2ccccc12. The molecule has 1 atom stereocenters. The quantitative estimate of drug-likeness (QED) is 0.656. The Morgan fingerprint density at radius 1 is 0.933 bits per heavy atom. The van der Waals surface area contributed by atoms with Gasteiger partial charge in [0.1, 0.15) is 6.04 Å². The fraction of sp³-hybridized carbons (Fsp3) is 0.208. The van der Waals surface area contributed by atoms with Crippen LogP contribution in [0.4, 0.5) is 0 Å². The predicted octanol–water partition coefficient (Wildman–Crippen LogP) is 3.30. The molecule has 6 heteroatoms. The van der Waals surface area contributed by atoms with Gasteiger partial charge in [-0.3, -0.25) is 9.59 Å². The van der Waals surface area contributed by atoms with E-state index in [1.54, 1.807) is 18.2 Å². The topological polar surface area (TPSA) is 84.5 Å². The highest BCUT2D eigenvalue weighted by atomic mass is 16.5. The highest BCUT2D eigenvalue weighted by Crippen LogP contribution is 2.33. The zero-order chi connectivity index (χ0) is 21.1. The van der Waals surface area contributed by atoms with Crippen LogP contribution in [0.3, 0.4) is 0 Å². The highest BCUT2D eigenvalue weighted by Gasteiger charge is 2.25. The van der Waals surface area contributed by atoms with Gasteiger partial charge in [-0.1, -0.05) is 48.5 Å². The number of piperidine rings is 1. The van der Waals surface area contributed by atoms with Crippen LogP contribution in [-0.4, -0.2) is 37.5 Å². The Bertz CT molecular complexity index is 1140. The minimum atomic E-state index is -0.523. The van der Waals surface area contributed by atoms with Crippen molar-refractivity contribution in [2.24, 2.45) is 0 Å². The first-order valence-electron chi connectivity index (χ1n) is 9.88. The number of ether oxygens (including phenoxy) is 1. The molecule has 152 valence electrons. The molecule has 3 aromatic carbocycles. The van der Waals surface area contributed by atoms with Gasteiger partial charge in [-0.05, 0) is 46.9 Å². The summed E-state index contributed by atoms with van der Waals surface area (Å²) in [6, 6.07) is 17.8. The average Bonchev–Trinajstić information content (AvgIpc) is 2.79. The number of hydrogen-bond acceptors (Lipinski definition) is 4. The van der Waals surface area contributed by atoms with Crippen molar-refractivity contribution in [2.45, 2.75) is 18.9 Å². The molecule has 1 saturated heterocycles. The number of hydrogen-bond donors (Lipinski definition) is 2. The maximum Gasteiger partial charge on any atom is 0.338 e. The molecule has 4 rings (SSSR count). The number of rotatable bonds is 4. The van der Waals surface area contributed by atoms with Crippen molar-refractivity contribution in [3.05, 3.63) is 71.8 Å². The summed E-state index contributed by atoms with van der Waals surface area (Å²) in [5.41, 5.74) is 2.52. The standard InChI is InChI=1S/C24H22N2O4/c1-30-24(29)20-10-5-4-9-17(20)18-12-13-19(16-8-3-2-7-15(16)18)22(27)26-21-11-6-14-25-23(21)28/h2-5,7-10,12-13,21H,6,11,14H2,1H3,(H,25,28)(H,26,27). The molecular formula is C24H22N2O4. The first kappa shape index (κ1) is 19.6. The largest absolute Gasteiger partial charge is 0.465 e. The molecule has 0 bridgehead atoms. The summed E-state index contributed by atoms with van der Waals surface area (Å²) in [4.78, 5) is 37.2. The number of methoxy groups -OCH3 is 1. The van der Waals surface area contributed by atoms with Crippen LogP contribution < -0.4 is 10.6 Å². The number of benzene rings is 3. The van der Waals surface area contributed by atoms with Crippen molar-refractivity contribution in [1.29, 1.82) is 0 Å². The molecule has 2 amide bonds. The molecule has 30 heavy (non-hydrogen) atoms. The molecule has 1 unspecified atom stereocenters. The molecule has 3 aromatic rings. The molecule has 6 nitrogen and oxygen atoms in total. The molecule has 1 fully saturated rings. The van der Waals surface area contributed by atoms with Gasteiger partial charge in [0.25, 0.3) is 5.91 Å². The maximum atomic E-state index is 13.0. The number of esters is 1. The minimum Gasteiger partial charge on any atom is -0.465 e. The van der Waals surface area contributed by atoms with Gasteiger partial charge < -0.3 is 15.4 Å². The summed E-state index contributed by atoms with van der Waals surface area (Å²) in [6.45, 7) is 0.641. The fourth-order valence-corrected chi connectivity index (χ4v) is 3.88. The number of amides is 2. The van der Waals surface area contributed by atoms with Crippen molar-refractivity contribution in [3.8, 4) is 11.1 Å². The van der Waals surface area contributed by atoms with E-state index in [9.17, 15) is 14.4 Å². The van der Waals surface area contributed by atoms with Crippen LogP contribution >= 0.6 is 0 Å². The normalized spacial score (nSPS) is 16.0. The minimum absolute atomic E-state index is 0.150. The lowest BCUT2D eigenvalue weighted by Crippen LogP contribution is -2.50. The van der Waals surface area contributed by atoms with Crippen LogP contribution in [0.1, 0.15) is 33.6 Å². The van der Waals surface area contributed by atoms with Crippen LogP contribution in [-0.2, 0) is 9.53 Å². The lowest BCUT2D eigenvalue weighted by molar-refractivity contribution is -0.124. The molecule has 0 aromatic heterocycles. The molecule has 2 N–H and O–H groups in total. The van der Waals surface area contributed by atoms with Crippen molar-refractivity contribution in [3.63, 3.8) is 0 Å². The third kappa shape index (κ3) is 3.64. The Morgan fingerprint density at radius 3 is 2.43 bits per heavy atom. The van der Waals surface area contributed by atoms with Crippen molar-refractivity contribution in [2.75, 3.05) is 13.7 Å². The molecule has 1 aliphatic heterocycles. The van der Waals surface area contributed by atoms with Crippen LogP contribution in [0.2, 0.25) is 0 Å². The molecule has 0 saturated carbocycles. The number of carbonyl (C=O) groups excluding carboxylic acids is 3. The van der Waals surface area contributed by atoms with Crippen molar-refractivity contribution < 1.29 is 19.1 Å². The second-order valence-corrected chi connectivity index (χ2v) is 7.20. The van der Waals surface area contributed by atoms with E-state index in [0.717, 1.165) is 28.3 Å². The second kappa shape index (κ2) is 8.37. The lowest BCUT2D eigenvalue weighted by Gasteiger charge is -2.23. The first-order chi connectivity index (χ1) is 14.6. The Hall–Kier alpha value is -3.67. The third-order valence-corrected chi connectivity index (χ3v) is 5.38. The molecule has 0 spiro atoms. The Kier molecular flexibility index (Phi) is 5.48. The smallest absolute Gasteiger partial charge is 0.338 e. The summed E-state index contributed by atoms with van der Waals surface area (Å²) in [5, 5.41) is 7.23. The van der Waals surface area contributed by atoms with Gasteiger partial charge in [0.05, 0.1) is 12.7 Å². The Morgan fingerprint density at radius 2 is 1.67 bits per heavy atom.